The van der Waals surface area contributed by atoms with Crippen molar-refractivity contribution in [1.29, 1.82) is 0 Å². The van der Waals surface area contributed by atoms with Crippen LogP contribution in [0.3, 0.4) is 0 Å². The summed E-state index contributed by atoms with van der Waals surface area (Å²) in [6, 6.07) is 10.2. The second kappa shape index (κ2) is 7.40. The number of carbonyl (C=O) groups excluding carboxylic acids is 1. The van der Waals surface area contributed by atoms with Crippen LogP contribution in [0.2, 0.25) is 0 Å². The van der Waals surface area contributed by atoms with Crippen molar-refractivity contribution in [2.24, 2.45) is 7.05 Å². The Labute approximate surface area is 174 Å². The zero-order valence-corrected chi connectivity index (χ0v) is 17.2. The average molecular weight is 400 g/mol. The van der Waals surface area contributed by atoms with Crippen molar-refractivity contribution in [2.75, 3.05) is 13.1 Å². The minimum Gasteiger partial charge on any atom is -0.337 e. The molecule has 1 aliphatic heterocycles. The normalized spacial score (nSPS) is 16.9. The highest BCUT2D eigenvalue weighted by molar-refractivity contribution is 6.04. The van der Waals surface area contributed by atoms with E-state index in [9.17, 15) is 4.79 Å². The number of aryl methyl sites for hydroxylation is 2. The van der Waals surface area contributed by atoms with Crippen LogP contribution in [0.4, 0.5) is 0 Å². The first-order chi connectivity index (χ1) is 14.6. The van der Waals surface area contributed by atoms with E-state index in [-0.39, 0.29) is 11.8 Å². The van der Waals surface area contributed by atoms with Crippen LogP contribution < -0.4 is 0 Å². The molecule has 0 spiro atoms. The van der Waals surface area contributed by atoms with Gasteiger partial charge in [-0.2, -0.15) is 10.2 Å². The quantitative estimate of drug-likeness (QED) is 0.569. The molecule has 4 heterocycles. The molecule has 3 aromatic heterocycles. The molecule has 152 valence electrons. The molecule has 0 aliphatic carbocycles. The number of benzene rings is 1. The van der Waals surface area contributed by atoms with Crippen LogP contribution in [0.15, 0.2) is 48.9 Å². The Kier molecular flexibility index (Phi) is 4.58. The molecule has 1 aliphatic rings. The second-order valence-corrected chi connectivity index (χ2v) is 8.09. The molecule has 1 fully saturated rings. The van der Waals surface area contributed by atoms with E-state index in [1.807, 2.05) is 55.7 Å². The molecule has 5 rings (SSSR count). The third-order valence-corrected chi connectivity index (χ3v) is 5.87. The molecular formula is C23H24N6O. The van der Waals surface area contributed by atoms with Crippen LogP contribution in [-0.4, -0.2) is 48.9 Å². The molecule has 7 heteroatoms. The number of rotatable bonds is 3. The van der Waals surface area contributed by atoms with Crippen molar-refractivity contribution < 1.29 is 4.79 Å². The fraction of sp³-hybridized carbons (Fsp3) is 0.304. The molecule has 4 aromatic rings. The predicted molar refractivity (Wildman–Crippen MR) is 115 cm³/mol. The molecule has 0 bridgehead atoms. The summed E-state index contributed by atoms with van der Waals surface area (Å²) in [6.07, 6.45) is 7.71. The summed E-state index contributed by atoms with van der Waals surface area (Å²) in [5.74, 6) is 0.223. The zero-order chi connectivity index (χ0) is 20.7. The van der Waals surface area contributed by atoms with E-state index in [1.165, 1.54) is 0 Å². The number of aromatic nitrogens is 5. The van der Waals surface area contributed by atoms with E-state index in [0.717, 1.165) is 52.7 Å². The Morgan fingerprint density at radius 3 is 2.83 bits per heavy atom. The highest BCUT2D eigenvalue weighted by Gasteiger charge is 2.28. The standard InChI is InChI=1S/C23H24N6O/c1-15-5-7-21-19(10-15)22(27-26-21)23(30)29-9-3-4-17(14-29)20-8-6-16(11-24-20)18-12-25-28(2)13-18/h5-8,10-13,17H,3-4,9,14H2,1-2H3,(H,26,27)/t17-/m0/s1. The van der Waals surface area contributed by atoms with Crippen molar-refractivity contribution in [2.45, 2.75) is 25.7 Å². The Morgan fingerprint density at radius 2 is 2.07 bits per heavy atom. The SMILES string of the molecule is Cc1ccc2[nH]nc(C(=O)N3CCC[C@H](c4ccc(-c5cnn(C)c5)cn4)C3)c2c1. The summed E-state index contributed by atoms with van der Waals surface area (Å²) in [5, 5.41) is 12.4. The number of likely N-dealkylation sites (tertiary alicyclic amines) is 1. The van der Waals surface area contributed by atoms with Gasteiger partial charge in [0.1, 0.15) is 0 Å². The Balaban J connectivity index is 1.35. The fourth-order valence-electron chi connectivity index (χ4n) is 4.23. The third-order valence-electron chi connectivity index (χ3n) is 5.87. The zero-order valence-electron chi connectivity index (χ0n) is 17.2. The van der Waals surface area contributed by atoms with E-state index in [2.05, 4.69) is 27.4 Å². The largest absolute Gasteiger partial charge is 0.337 e. The first-order valence-corrected chi connectivity index (χ1v) is 10.3. The van der Waals surface area contributed by atoms with Crippen LogP contribution in [0.1, 0.15) is 40.5 Å². The molecule has 0 unspecified atom stereocenters. The maximum atomic E-state index is 13.2. The summed E-state index contributed by atoms with van der Waals surface area (Å²) < 4.78 is 1.79. The summed E-state index contributed by atoms with van der Waals surface area (Å²) >= 11 is 0. The van der Waals surface area contributed by atoms with Crippen molar-refractivity contribution >= 4 is 16.8 Å². The molecule has 1 amide bonds. The van der Waals surface area contributed by atoms with Crippen molar-refractivity contribution in [3.63, 3.8) is 0 Å². The van der Waals surface area contributed by atoms with Gasteiger partial charge in [-0.05, 0) is 38.0 Å². The monoisotopic (exact) mass is 400 g/mol. The first-order valence-electron chi connectivity index (χ1n) is 10.3. The fourth-order valence-corrected chi connectivity index (χ4v) is 4.23. The van der Waals surface area contributed by atoms with Gasteiger partial charge in [-0.1, -0.05) is 17.7 Å². The smallest absolute Gasteiger partial charge is 0.275 e. The average Bonchev–Trinajstić information content (AvgIpc) is 3.39. The lowest BCUT2D eigenvalue weighted by atomic mass is 9.93. The molecule has 0 saturated carbocycles. The van der Waals surface area contributed by atoms with Crippen LogP contribution in [0, 0.1) is 6.92 Å². The van der Waals surface area contributed by atoms with E-state index >= 15 is 0 Å². The van der Waals surface area contributed by atoms with Gasteiger partial charge < -0.3 is 4.90 Å². The van der Waals surface area contributed by atoms with E-state index < -0.39 is 0 Å². The second-order valence-electron chi connectivity index (χ2n) is 8.09. The predicted octanol–water partition coefficient (Wildman–Crippen LogP) is 3.69. The summed E-state index contributed by atoms with van der Waals surface area (Å²) in [6.45, 7) is 3.44. The number of piperidine rings is 1. The lowest BCUT2D eigenvalue weighted by molar-refractivity contribution is 0.0702. The van der Waals surface area contributed by atoms with Gasteiger partial charge in [0.15, 0.2) is 5.69 Å². The number of hydrogen-bond acceptors (Lipinski definition) is 4. The Hall–Kier alpha value is -3.48. The van der Waals surface area contributed by atoms with Gasteiger partial charge in [-0.15, -0.1) is 0 Å². The van der Waals surface area contributed by atoms with Crippen molar-refractivity contribution in [3.05, 3.63) is 65.9 Å². The summed E-state index contributed by atoms with van der Waals surface area (Å²) in [4.78, 5) is 19.8. The highest BCUT2D eigenvalue weighted by Crippen LogP contribution is 2.29. The minimum atomic E-state index is -0.0106. The number of nitrogens with zero attached hydrogens (tertiary/aromatic N) is 5. The van der Waals surface area contributed by atoms with Gasteiger partial charge >= 0.3 is 0 Å². The highest BCUT2D eigenvalue weighted by atomic mass is 16.2. The topological polar surface area (TPSA) is 79.7 Å². The van der Waals surface area contributed by atoms with Gasteiger partial charge in [0, 0.05) is 60.7 Å². The third kappa shape index (κ3) is 3.36. The maximum absolute atomic E-state index is 13.2. The van der Waals surface area contributed by atoms with Crippen LogP contribution in [0.5, 0.6) is 0 Å². The number of pyridine rings is 1. The number of H-pyrrole nitrogens is 1. The molecular weight excluding hydrogens is 376 g/mol. The number of carbonyl (C=O) groups is 1. The van der Waals surface area contributed by atoms with Gasteiger partial charge in [0.05, 0.1) is 11.7 Å². The number of aromatic amines is 1. The number of amides is 1. The molecule has 7 nitrogen and oxygen atoms in total. The molecule has 1 saturated heterocycles. The van der Waals surface area contributed by atoms with E-state index in [1.54, 1.807) is 4.68 Å². The van der Waals surface area contributed by atoms with Crippen LogP contribution in [0.25, 0.3) is 22.0 Å². The van der Waals surface area contributed by atoms with E-state index in [4.69, 9.17) is 4.98 Å². The van der Waals surface area contributed by atoms with Crippen molar-refractivity contribution in [3.8, 4) is 11.1 Å². The van der Waals surface area contributed by atoms with Gasteiger partial charge in [0.25, 0.3) is 5.91 Å². The van der Waals surface area contributed by atoms with E-state index in [0.29, 0.717) is 12.2 Å². The van der Waals surface area contributed by atoms with Gasteiger partial charge in [-0.25, -0.2) is 0 Å². The molecule has 1 N–H and O–H groups in total. The van der Waals surface area contributed by atoms with Crippen molar-refractivity contribution in [1.82, 2.24) is 29.9 Å². The summed E-state index contributed by atoms with van der Waals surface area (Å²) in [7, 11) is 1.91. The number of fused-ring (bicyclic) bond motifs is 1. The number of nitrogens with one attached hydrogen (secondary N) is 1. The Morgan fingerprint density at radius 1 is 1.17 bits per heavy atom. The molecule has 0 radical (unpaired) electrons. The van der Waals surface area contributed by atoms with Gasteiger partial charge in [0.2, 0.25) is 0 Å². The molecule has 30 heavy (non-hydrogen) atoms. The Bertz CT molecular complexity index is 1210. The lowest BCUT2D eigenvalue weighted by Gasteiger charge is -2.32. The van der Waals surface area contributed by atoms with Gasteiger partial charge in [-0.3, -0.25) is 19.6 Å². The molecule has 1 aromatic carbocycles. The van der Waals surface area contributed by atoms with Crippen LogP contribution in [-0.2, 0) is 7.05 Å². The van der Waals surface area contributed by atoms with Crippen LogP contribution >= 0.6 is 0 Å². The first kappa shape index (κ1) is 18.5. The summed E-state index contributed by atoms with van der Waals surface area (Å²) in [5.41, 5.74) is 5.65. The minimum absolute atomic E-state index is 0.0106. The maximum Gasteiger partial charge on any atom is 0.275 e. The molecule has 1 atom stereocenters. The lowest BCUT2D eigenvalue weighted by Crippen LogP contribution is -2.39. The number of hydrogen-bond donors (Lipinski definition) is 1.